The van der Waals surface area contributed by atoms with Gasteiger partial charge < -0.3 is 20.8 Å². The molecular weight excluding hydrogens is 383 g/mol. The van der Waals surface area contributed by atoms with Crippen molar-refractivity contribution in [3.8, 4) is 5.75 Å². The second-order valence-electron chi connectivity index (χ2n) is 6.88. The number of benzene rings is 1. The van der Waals surface area contributed by atoms with Crippen molar-refractivity contribution in [3.63, 3.8) is 0 Å². The van der Waals surface area contributed by atoms with Gasteiger partial charge in [-0.3, -0.25) is 14.3 Å². The number of primary amides is 1. The first kappa shape index (κ1) is 19.3. The first-order chi connectivity index (χ1) is 14.4. The smallest absolute Gasteiger partial charge is 0.267 e. The van der Waals surface area contributed by atoms with E-state index >= 15 is 0 Å². The number of amides is 2. The van der Waals surface area contributed by atoms with E-state index in [1.807, 2.05) is 38.2 Å². The Kier molecular flexibility index (Phi) is 4.97. The van der Waals surface area contributed by atoms with E-state index in [1.165, 1.54) is 6.20 Å². The Bertz CT molecular complexity index is 1250. The Morgan fingerprint density at radius 1 is 1.27 bits per heavy atom. The number of aromatic nitrogens is 4. The molecule has 3 aromatic heterocycles. The van der Waals surface area contributed by atoms with E-state index in [2.05, 4.69) is 20.4 Å². The molecule has 0 aliphatic carbocycles. The quantitative estimate of drug-likeness (QED) is 0.403. The lowest BCUT2D eigenvalue weighted by atomic mass is 9.97. The van der Waals surface area contributed by atoms with Crippen LogP contribution < -0.4 is 21.3 Å². The highest BCUT2D eigenvalue weighted by Gasteiger charge is 2.20. The number of nitrogens with two attached hydrogens (primary N) is 1. The maximum absolute atomic E-state index is 12.8. The van der Waals surface area contributed by atoms with Crippen LogP contribution in [0.4, 0.5) is 5.69 Å². The van der Waals surface area contributed by atoms with Gasteiger partial charge in [0.1, 0.15) is 24.9 Å². The fourth-order valence-electron chi connectivity index (χ4n) is 3.16. The van der Waals surface area contributed by atoms with Crippen molar-refractivity contribution in [1.82, 2.24) is 19.7 Å². The molecule has 0 aliphatic rings. The molecule has 1 aromatic carbocycles. The lowest BCUT2D eigenvalue weighted by molar-refractivity contribution is 0.0997. The van der Waals surface area contributed by atoms with Gasteiger partial charge in [0.15, 0.2) is 0 Å². The van der Waals surface area contributed by atoms with Crippen molar-refractivity contribution >= 4 is 41.8 Å². The van der Waals surface area contributed by atoms with E-state index in [9.17, 15) is 9.59 Å². The summed E-state index contributed by atoms with van der Waals surface area (Å²) >= 11 is 0. The largest absolute Gasteiger partial charge is 0.497 e. The van der Waals surface area contributed by atoms with Crippen molar-refractivity contribution in [2.24, 2.45) is 5.73 Å². The first-order valence-corrected chi connectivity index (χ1v) is 9.19. The number of pyridine rings is 1. The summed E-state index contributed by atoms with van der Waals surface area (Å²) in [5.74, 6) is -0.315. The number of nitrogens with one attached hydrogen (secondary N) is 2. The Labute approximate surface area is 172 Å². The van der Waals surface area contributed by atoms with Crippen LogP contribution in [0.15, 0.2) is 48.9 Å². The van der Waals surface area contributed by atoms with Crippen LogP contribution in [-0.4, -0.2) is 46.5 Å². The molecule has 2 amide bonds. The summed E-state index contributed by atoms with van der Waals surface area (Å²) in [4.78, 5) is 31.7. The topological polar surface area (TPSA) is 128 Å². The maximum atomic E-state index is 12.8. The second-order valence-corrected chi connectivity index (χ2v) is 6.88. The van der Waals surface area contributed by atoms with Crippen LogP contribution in [0.3, 0.4) is 0 Å². The fraction of sp³-hybridized carbons (Fsp3) is 0.100. The number of hydrogen-bond acceptors (Lipinski definition) is 5. The Balaban J connectivity index is 1.57. The van der Waals surface area contributed by atoms with Gasteiger partial charge in [-0.2, -0.15) is 5.10 Å². The van der Waals surface area contributed by atoms with Gasteiger partial charge >= 0.3 is 0 Å². The van der Waals surface area contributed by atoms with Crippen molar-refractivity contribution in [2.75, 3.05) is 12.4 Å². The van der Waals surface area contributed by atoms with E-state index in [0.717, 1.165) is 16.8 Å². The van der Waals surface area contributed by atoms with Crippen LogP contribution in [-0.2, 0) is 6.54 Å². The molecule has 0 atom stereocenters. The van der Waals surface area contributed by atoms with Crippen LogP contribution >= 0.6 is 0 Å². The Morgan fingerprint density at radius 2 is 2.03 bits per heavy atom. The van der Waals surface area contributed by atoms with Crippen LogP contribution in [0, 0.1) is 0 Å². The number of rotatable bonds is 6. The monoisotopic (exact) mass is 402 g/mol. The highest BCUT2D eigenvalue weighted by Crippen LogP contribution is 2.26. The van der Waals surface area contributed by atoms with Gasteiger partial charge in [0.2, 0.25) is 0 Å². The Morgan fingerprint density at radius 3 is 2.73 bits per heavy atom. The SMILES string of the molecule is Bc1cnc2[nH]c(C(N)=O)c(NC(=O)c3cnn(Cc4ccc(OC)cc4)c3)c2c1. The molecule has 4 N–H and O–H groups in total. The average Bonchev–Trinajstić information content (AvgIpc) is 3.34. The number of carbonyl (C=O) groups is 2. The minimum Gasteiger partial charge on any atom is -0.497 e. The number of fused-ring (bicyclic) bond motifs is 1. The highest BCUT2D eigenvalue weighted by molar-refractivity contribution is 6.33. The van der Waals surface area contributed by atoms with Gasteiger partial charge in [0.05, 0.1) is 31.1 Å². The highest BCUT2D eigenvalue weighted by atomic mass is 16.5. The van der Waals surface area contributed by atoms with Gasteiger partial charge in [0.25, 0.3) is 11.8 Å². The zero-order valence-electron chi connectivity index (χ0n) is 16.5. The number of anilines is 1. The minimum absolute atomic E-state index is 0.0991. The molecule has 0 saturated carbocycles. The summed E-state index contributed by atoms with van der Waals surface area (Å²) < 4.78 is 6.81. The normalized spacial score (nSPS) is 10.8. The molecule has 0 fully saturated rings. The number of hydrogen-bond donors (Lipinski definition) is 3. The van der Waals surface area contributed by atoms with Gasteiger partial charge in [0, 0.05) is 17.8 Å². The van der Waals surface area contributed by atoms with Crippen molar-refractivity contribution in [1.29, 1.82) is 0 Å². The lowest BCUT2D eigenvalue weighted by Crippen LogP contribution is -2.17. The van der Waals surface area contributed by atoms with E-state index < -0.39 is 11.8 Å². The summed E-state index contributed by atoms with van der Waals surface area (Å²) in [7, 11) is 3.49. The maximum Gasteiger partial charge on any atom is 0.267 e. The molecule has 0 radical (unpaired) electrons. The third-order valence-corrected chi connectivity index (χ3v) is 4.67. The van der Waals surface area contributed by atoms with Crippen molar-refractivity contribution < 1.29 is 14.3 Å². The molecule has 30 heavy (non-hydrogen) atoms. The summed E-state index contributed by atoms with van der Waals surface area (Å²) in [6, 6.07) is 9.42. The van der Waals surface area contributed by atoms with Crippen molar-refractivity contribution in [3.05, 3.63) is 65.7 Å². The number of carbonyl (C=O) groups excluding carboxylic acids is 2. The lowest BCUT2D eigenvalue weighted by Gasteiger charge is -2.05. The van der Waals surface area contributed by atoms with Crippen LogP contribution in [0.2, 0.25) is 0 Å². The molecule has 0 unspecified atom stereocenters. The fourth-order valence-corrected chi connectivity index (χ4v) is 3.16. The van der Waals surface area contributed by atoms with Crippen LogP contribution in [0.1, 0.15) is 26.4 Å². The first-order valence-electron chi connectivity index (χ1n) is 9.19. The van der Waals surface area contributed by atoms with E-state index in [4.69, 9.17) is 10.5 Å². The number of nitrogens with zero attached hydrogens (tertiary/aromatic N) is 3. The molecule has 0 spiro atoms. The molecule has 9 nitrogen and oxygen atoms in total. The standard InChI is InChI=1S/C20H19BN6O3/c1-30-14-4-2-11(3-5-14)9-27-10-12(7-24-27)20(29)26-16-15-6-13(21)8-23-19(15)25-17(16)18(22)28/h2-8,10H,9,21H2,1H3,(H2,22,28)(H,23,25)(H,26,29). The number of aromatic amines is 1. The average molecular weight is 402 g/mol. The Hall–Kier alpha value is -4.08. The third kappa shape index (κ3) is 3.75. The number of H-pyrrole nitrogens is 1. The van der Waals surface area contributed by atoms with E-state index in [-0.39, 0.29) is 5.69 Å². The molecule has 0 saturated heterocycles. The molecule has 4 aromatic rings. The molecular formula is C20H19BN6O3. The predicted octanol–water partition coefficient (Wildman–Crippen LogP) is 0.426. The van der Waals surface area contributed by atoms with E-state index in [1.54, 1.807) is 24.2 Å². The summed E-state index contributed by atoms with van der Waals surface area (Å²) in [5.41, 5.74) is 8.60. The summed E-state index contributed by atoms with van der Waals surface area (Å²) in [6.07, 6.45) is 4.78. The molecule has 3 heterocycles. The molecule has 150 valence electrons. The number of ether oxygens (including phenoxy) is 1. The molecule has 4 rings (SSSR count). The zero-order chi connectivity index (χ0) is 21.3. The van der Waals surface area contributed by atoms with Crippen LogP contribution in [0.25, 0.3) is 11.0 Å². The van der Waals surface area contributed by atoms with Gasteiger partial charge in [-0.25, -0.2) is 4.98 Å². The van der Waals surface area contributed by atoms with Gasteiger partial charge in [-0.1, -0.05) is 23.7 Å². The predicted molar refractivity (Wildman–Crippen MR) is 115 cm³/mol. The van der Waals surface area contributed by atoms with Gasteiger partial charge in [-0.05, 0) is 17.7 Å². The molecule has 10 heteroatoms. The molecule has 0 aliphatic heterocycles. The summed E-state index contributed by atoms with van der Waals surface area (Å²) in [6.45, 7) is 0.500. The van der Waals surface area contributed by atoms with Crippen molar-refractivity contribution in [2.45, 2.75) is 6.54 Å². The van der Waals surface area contributed by atoms with Gasteiger partial charge in [-0.15, -0.1) is 0 Å². The number of methoxy groups -OCH3 is 1. The minimum atomic E-state index is -0.684. The third-order valence-electron chi connectivity index (χ3n) is 4.67. The zero-order valence-corrected chi connectivity index (χ0v) is 16.5. The summed E-state index contributed by atoms with van der Waals surface area (Å²) in [5, 5.41) is 7.63. The van der Waals surface area contributed by atoms with E-state index in [0.29, 0.717) is 28.8 Å². The molecule has 0 bridgehead atoms. The van der Waals surface area contributed by atoms with Crippen LogP contribution in [0.5, 0.6) is 5.75 Å². The second kappa shape index (κ2) is 7.74.